The zero-order chi connectivity index (χ0) is 13.4. The molecule has 0 radical (unpaired) electrons. The predicted molar refractivity (Wildman–Crippen MR) is 71.0 cm³/mol. The van der Waals surface area contributed by atoms with Crippen molar-refractivity contribution in [3.63, 3.8) is 0 Å². The van der Waals surface area contributed by atoms with E-state index >= 15 is 0 Å². The fourth-order valence-corrected chi connectivity index (χ4v) is 2.72. The van der Waals surface area contributed by atoms with Crippen LogP contribution in [-0.4, -0.2) is 21.7 Å². The highest BCUT2D eigenvalue weighted by molar-refractivity contribution is 6.22. The molecule has 1 heterocycles. The van der Waals surface area contributed by atoms with Crippen LogP contribution in [0.3, 0.4) is 0 Å². The summed E-state index contributed by atoms with van der Waals surface area (Å²) in [7, 11) is 0. The summed E-state index contributed by atoms with van der Waals surface area (Å²) in [5.41, 5.74) is 1.94. The Hall–Kier alpha value is -2.36. The Morgan fingerprint density at radius 3 is 2.58 bits per heavy atom. The van der Waals surface area contributed by atoms with Gasteiger partial charge in [-0.25, -0.2) is 0 Å². The molecule has 0 unspecified atom stereocenters. The van der Waals surface area contributed by atoms with Crippen molar-refractivity contribution in [1.82, 2.24) is 4.98 Å². The number of nitrogens with one attached hydrogen (secondary N) is 1. The van der Waals surface area contributed by atoms with Gasteiger partial charge < -0.3 is 10.1 Å². The lowest BCUT2D eigenvalue weighted by molar-refractivity contribution is -0.124. The molecule has 96 valence electrons. The van der Waals surface area contributed by atoms with Crippen molar-refractivity contribution in [3.05, 3.63) is 47.9 Å². The number of carbonyl (C=O) groups is 2. The van der Waals surface area contributed by atoms with E-state index < -0.39 is 0 Å². The minimum Gasteiger partial charge on any atom is -0.515 e. The molecule has 4 heteroatoms. The molecule has 1 saturated carbocycles. The van der Waals surface area contributed by atoms with Crippen molar-refractivity contribution >= 4 is 22.5 Å². The van der Waals surface area contributed by atoms with Crippen molar-refractivity contribution < 1.29 is 14.7 Å². The Kier molecular flexibility index (Phi) is 2.71. The van der Waals surface area contributed by atoms with E-state index in [1.165, 1.54) is 0 Å². The number of carbonyl (C=O) groups excluding carboxylic acids is 2. The van der Waals surface area contributed by atoms with Gasteiger partial charge in [0.05, 0.1) is 11.8 Å². The van der Waals surface area contributed by atoms with E-state index in [-0.39, 0.29) is 35.9 Å². The van der Waals surface area contributed by atoms with Gasteiger partial charge in [-0.2, -0.15) is 0 Å². The van der Waals surface area contributed by atoms with Gasteiger partial charge in [0, 0.05) is 29.9 Å². The Morgan fingerprint density at radius 2 is 1.89 bits per heavy atom. The first-order chi connectivity index (χ1) is 9.20. The first-order valence-corrected chi connectivity index (χ1v) is 6.17. The lowest BCUT2D eigenvalue weighted by Gasteiger charge is -2.22. The van der Waals surface area contributed by atoms with E-state index in [1.54, 1.807) is 0 Å². The Labute approximate surface area is 109 Å². The van der Waals surface area contributed by atoms with E-state index in [0.717, 1.165) is 16.5 Å². The number of hydrogen-bond acceptors (Lipinski definition) is 3. The molecule has 1 aromatic heterocycles. The molecule has 0 bridgehead atoms. The number of aliphatic hydroxyl groups excluding tert-OH is 1. The number of benzene rings is 1. The van der Waals surface area contributed by atoms with Gasteiger partial charge in [0.25, 0.3) is 0 Å². The van der Waals surface area contributed by atoms with Crippen LogP contribution in [-0.2, 0) is 9.59 Å². The molecule has 3 rings (SSSR count). The minimum absolute atomic E-state index is 0.0718. The molecule has 4 nitrogen and oxygen atoms in total. The van der Waals surface area contributed by atoms with Crippen LogP contribution in [0.15, 0.2) is 42.3 Å². The van der Waals surface area contributed by atoms with Crippen LogP contribution < -0.4 is 0 Å². The summed E-state index contributed by atoms with van der Waals surface area (Å²) in [6, 6.07) is 7.79. The summed E-state index contributed by atoms with van der Waals surface area (Å²) in [4.78, 5) is 26.8. The number of aromatic nitrogens is 1. The highest BCUT2D eigenvalue weighted by Crippen LogP contribution is 2.35. The summed E-state index contributed by atoms with van der Waals surface area (Å²) < 4.78 is 0. The molecule has 2 aromatic rings. The number of aromatic amines is 1. The third-order valence-corrected chi connectivity index (χ3v) is 3.66. The van der Waals surface area contributed by atoms with Crippen LogP contribution in [0.25, 0.3) is 10.9 Å². The van der Waals surface area contributed by atoms with Gasteiger partial charge in [0.1, 0.15) is 0 Å². The van der Waals surface area contributed by atoms with Crippen LogP contribution in [0.2, 0.25) is 0 Å². The number of H-pyrrole nitrogens is 1. The van der Waals surface area contributed by atoms with E-state index in [9.17, 15) is 9.59 Å². The smallest absolute Gasteiger partial charge is 0.170 e. The van der Waals surface area contributed by atoms with Crippen molar-refractivity contribution in [2.45, 2.75) is 18.8 Å². The van der Waals surface area contributed by atoms with Gasteiger partial charge in [-0.15, -0.1) is 0 Å². The van der Waals surface area contributed by atoms with E-state index in [2.05, 4.69) is 4.98 Å². The third-order valence-electron chi connectivity index (χ3n) is 3.66. The van der Waals surface area contributed by atoms with Crippen molar-refractivity contribution in [3.8, 4) is 0 Å². The Balaban J connectivity index is 2.02. The second-order valence-electron chi connectivity index (χ2n) is 4.78. The van der Waals surface area contributed by atoms with Gasteiger partial charge in [0.2, 0.25) is 0 Å². The molecule has 0 aliphatic heterocycles. The summed E-state index contributed by atoms with van der Waals surface area (Å²) >= 11 is 0. The monoisotopic (exact) mass is 255 g/mol. The van der Waals surface area contributed by atoms with E-state index in [0.29, 0.717) is 6.26 Å². The lowest BCUT2D eigenvalue weighted by atomic mass is 9.79. The van der Waals surface area contributed by atoms with Crippen LogP contribution >= 0.6 is 0 Å². The molecule has 1 aromatic carbocycles. The maximum atomic E-state index is 11.8. The molecular formula is C15H13NO3. The molecule has 0 amide bonds. The van der Waals surface area contributed by atoms with Gasteiger partial charge in [-0.1, -0.05) is 12.1 Å². The first-order valence-electron chi connectivity index (χ1n) is 6.17. The second-order valence-corrected chi connectivity index (χ2v) is 4.78. The molecule has 19 heavy (non-hydrogen) atoms. The van der Waals surface area contributed by atoms with Gasteiger partial charge in [-0.05, 0) is 23.6 Å². The van der Waals surface area contributed by atoms with Crippen LogP contribution in [0.4, 0.5) is 0 Å². The second kappa shape index (κ2) is 4.39. The number of fused-ring (bicyclic) bond motifs is 1. The third kappa shape index (κ3) is 1.85. The van der Waals surface area contributed by atoms with Crippen molar-refractivity contribution in [2.24, 2.45) is 0 Å². The largest absolute Gasteiger partial charge is 0.515 e. The fraction of sp³-hybridized carbons (Fsp3) is 0.200. The topological polar surface area (TPSA) is 70.2 Å². The molecule has 0 saturated heterocycles. The van der Waals surface area contributed by atoms with E-state index in [4.69, 9.17) is 5.11 Å². The molecule has 1 aliphatic carbocycles. The number of hydrogen-bond donors (Lipinski definition) is 2. The van der Waals surface area contributed by atoms with Crippen molar-refractivity contribution in [1.29, 1.82) is 0 Å². The highest BCUT2D eigenvalue weighted by atomic mass is 16.2. The number of rotatable bonds is 1. The van der Waals surface area contributed by atoms with Crippen LogP contribution in [0, 0.1) is 0 Å². The minimum atomic E-state index is -0.281. The molecule has 1 fully saturated rings. The molecule has 0 atom stereocenters. The van der Waals surface area contributed by atoms with Gasteiger partial charge >= 0.3 is 0 Å². The highest BCUT2D eigenvalue weighted by Gasteiger charge is 2.32. The lowest BCUT2D eigenvalue weighted by Crippen LogP contribution is -2.24. The number of allylic oxidation sites excluding steroid dienone is 1. The van der Waals surface area contributed by atoms with E-state index in [1.807, 2.05) is 30.5 Å². The summed E-state index contributed by atoms with van der Waals surface area (Å²) in [5, 5.41) is 9.96. The zero-order valence-corrected chi connectivity index (χ0v) is 10.2. The summed E-state index contributed by atoms with van der Waals surface area (Å²) in [6.07, 6.45) is 3.02. The summed E-state index contributed by atoms with van der Waals surface area (Å²) in [6.45, 7) is 0. The normalized spacial score (nSPS) is 20.0. The fourth-order valence-electron chi connectivity index (χ4n) is 2.72. The number of aliphatic hydroxyl groups is 1. The average Bonchev–Trinajstić information content (AvgIpc) is 2.86. The number of ketones is 2. The average molecular weight is 255 g/mol. The van der Waals surface area contributed by atoms with Crippen LogP contribution in [0.5, 0.6) is 0 Å². The SMILES string of the molecule is O=C1CC(c2cccc3[nH]ccc23)CC(=O)C1=CO. The quantitative estimate of drug-likeness (QED) is 0.467. The van der Waals surface area contributed by atoms with Gasteiger partial charge in [0.15, 0.2) is 11.6 Å². The van der Waals surface area contributed by atoms with Gasteiger partial charge in [-0.3, -0.25) is 9.59 Å². The molecule has 1 aliphatic rings. The Bertz CT molecular complexity index is 676. The molecule has 0 spiro atoms. The number of Topliss-reactive ketones (excluding diaryl/α,β-unsaturated/α-hetero) is 2. The van der Waals surface area contributed by atoms with Crippen LogP contribution in [0.1, 0.15) is 24.3 Å². The first kappa shape index (κ1) is 11.7. The van der Waals surface area contributed by atoms with Crippen molar-refractivity contribution in [2.75, 3.05) is 0 Å². The zero-order valence-electron chi connectivity index (χ0n) is 10.2. The Morgan fingerprint density at radius 1 is 1.16 bits per heavy atom. The molecular weight excluding hydrogens is 242 g/mol. The predicted octanol–water partition coefficient (Wildman–Crippen LogP) is 2.63. The standard InChI is InChI=1S/C15H13NO3/c17-8-12-14(18)6-9(7-15(12)19)10-2-1-3-13-11(10)4-5-16-13/h1-5,8-9,16-17H,6-7H2. The summed E-state index contributed by atoms with van der Waals surface area (Å²) in [5.74, 6) is -0.671. The maximum Gasteiger partial charge on any atom is 0.170 e. The maximum absolute atomic E-state index is 11.8. The molecule has 2 N–H and O–H groups in total.